The Bertz CT molecular complexity index is 301. The van der Waals surface area contributed by atoms with Crippen LogP contribution in [0.3, 0.4) is 0 Å². The number of hydrogen-bond donors (Lipinski definition) is 0. The summed E-state index contributed by atoms with van der Waals surface area (Å²) in [5.41, 5.74) is 0.489. The highest BCUT2D eigenvalue weighted by Crippen LogP contribution is 2.35. The fourth-order valence-electron chi connectivity index (χ4n) is 0.705. The molecule has 1 rings (SSSR count). The standard InChI is InChI=1S/C7H3Br3ClF/c8-4-2-6(12)3(7(9)10)1-5(4)11/h1-2,7H. The maximum Gasteiger partial charge on any atom is 0.129 e. The Hall–Kier alpha value is 0.880. The molecule has 0 bridgehead atoms. The topological polar surface area (TPSA) is 0 Å². The summed E-state index contributed by atoms with van der Waals surface area (Å²) in [6.07, 6.45) is 0. The van der Waals surface area contributed by atoms with E-state index >= 15 is 0 Å². The Morgan fingerprint density at radius 1 is 1.33 bits per heavy atom. The number of alkyl halides is 2. The summed E-state index contributed by atoms with van der Waals surface area (Å²) in [4.78, 5) is 0. The van der Waals surface area contributed by atoms with Crippen LogP contribution in [0.5, 0.6) is 0 Å². The molecule has 0 aromatic heterocycles. The van der Waals surface area contributed by atoms with Gasteiger partial charge in [-0.15, -0.1) is 0 Å². The van der Waals surface area contributed by atoms with Crippen LogP contribution in [0.25, 0.3) is 0 Å². The first-order valence-electron chi connectivity index (χ1n) is 2.95. The van der Waals surface area contributed by atoms with Gasteiger partial charge < -0.3 is 0 Å². The second kappa shape index (κ2) is 4.40. The lowest BCUT2D eigenvalue weighted by Gasteiger charge is -2.05. The van der Waals surface area contributed by atoms with Gasteiger partial charge in [0, 0.05) is 10.0 Å². The molecule has 0 saturated carbocycles. The van der Waals surface area contributed by atoms with Crippen LogP contribution in [0, 0.1) is 5.82 Å². The summed E-state index contributed by atoms with van der Waals surface area (Å²) in [6, 6.07) is 2.91. The van der Waals surface area contributed by atoms with Crippen molar-refractivity contribution in [1.29, 1.82) is 0 Å². The largest absolute Gasteiger partial charge is 0.207 e. The van der Waals surface area contributed by atoms with E-state index in [4.69, 9.17) is 11.6 Å². The average Bonchev–Trinajstić information content (AvgIpc) is 1.96. The van der Waals surface area contributed by atoms with Gasteiger partial charge in [0.15, 0.2) is 0 Å². The minimum Gasteiger partial charge on any atom is -0.207 e. The smallest absolute Gasteiger partial charge is 0.129 e. The van der Waals surface area contributed by atoms with E-state index in [9.17, 15) is 4.39 Å². The third-order valence-corrected chi connectivity index (χ3v) is 3.46. The van der Waals surface area contributed by atoms with Crippen LogP contribution in [-0.4, -0.2) is 0 Å². The van der Waals surface area contributed by atoms with E-state index in [0.717, 1.165) is 0 Å². The number of hydrogen-bond acceptors (Lipinski definition) is 0. The molecule has 0 saturated heterocycles. The average molecular weight is 381 g/mol. The lowest BCUT2D eigenvalue weighted by molar-refractivity contribution is 0.616. The fraction of sp³-hybridized carbons (Fsp3) is 0.143. The van der Waals surface area contributed by atoms with E-state index in [0.29, 0.717) is 15.1 Å². The second-order valence-corrected chi connectivity index (χ2v) is 6.41. The summed E-state index contributed by atoms with van der Waals surface area (Å²) in [7, 11) is 0. The molecular formula is C7H3Br3ClF. The molecule has 0 fully saturated rings. The van der Waals surface area contributed by atoms with Gasteiger partial charge in [0.2, 0.25) is 0 Å². The zero-order valence-electron chi connectivity index (χ0n) is 5.62. The highest BCUT2D eigenvalue weighted by Gasteiger charge is 2.11. The van der Waals surface area contributed by atoms with Crippen LogP contribution in [0.4, 0.5) is 4.39 Å². The molecule has 0 aliphatic rings. The predicted octanol–water partition coefficient (Wildman–Crippen LogP) is 5.03. The molecule has 0 nitrogen and oxygen atoms in total. The normalized spacial score (nSPS) is 10.8. The molecule has 0 radical (unpaired) electrons. The third-order valence-electron chi connectivity index (χ3n) is 1.27. The summed E-state index contributed by atoms with van der Waals surface area (Å²) in [5.74, 6) is -0.301. The lowest BCUT2D eigenvalue weighted by atomic mass is 10.2. The summed E-state index contributed by atoms with van der Waals surface area (Å²) < 4.78 is 13.5. The Kier molecular flexibility index (Phi) is 4.02. The van der Waals surface area contributed by atoms with Crippen LogP contribution in [0.15, 0.2) is 16.6 Å². The van der Waals surface area contributed by atoms with E-state index in [1.165, 1.54) is 6.07 Å². The van der Waals surface area contributed by atoms with Crippen LogP contribution in [0.1, 0.15) is 9.30 Å². The zero-order chi connectivity index (χ0) is 9.30. The molecule has 0 spiro atoms. The van der Waals surface area contributed by atoms with E-state index in [1.807, 2.05) is 0 Å². The molecule has 0 amide bonds. The Morgan fingerprint density at radius 2 is 1.92 bits per heavy atom. The summed E-state index contributed by atoms with van der Waals surface area (Å²) in [6.45, 7) is 0. The van der Waals surface area contributed by atoms with Crippen molar-refractivity contribution in [2.75, 3.05) is 0 Å². The molecule has 0 N–H and O–H groups in total. The Morgan fingerprint density at radius 3 is 2.42 bits per heavy atom. The first-order valence-corrected chi connectivity index (χ1v) is 5.95. The van der Waals surface area contributed by atoms with Gasteiger partial charge in [-0.3, -0.25) is 0 Å². The first-order chi connectivity index (χ1) is 5.52. The van der Waals surface area contributed by atoms with Crippen molar-refractivity contribution in [3.63, 3.8) is 0 Å². The molecule has 0 aliphatic heterocycles. The van der Waals surface area contributed by atoms with Crippen molar-refractivity contribution in [3.05, 3.63) is 33.0 Å². The number of rotatable bonds is 1. The molecule has 1 aromatic carbocycles. The zero-order valence-corrected chi connectivity index (χ0v) is 11.1. The first kappa shape index (κ1) is 11.0. The monoisotopic (exact) mass is 378 g/mol. The molecule has 66 valence electrons. The van der Waals surface area contributed by atoms with Gasteiger partial charge in [-0.2, -0.15) is 0 Å². The summed E-state index contributed by atoms with van der Waals surface area (Å²) >= 11 is 15.3. The van der Waals surface area contributed by atoms with Gasteiger partial charge in [-0.1, -0.05) is 43.5 Å². The van der Waals surface area contributed by atoms with Gasteiger partial charge in [0.1, 0.15) is 5.82 Å². The van der Waals surface area contributed by atoms with E-state index in [1.54, 1.807) is 6.07 Å². The van der Waals surface area contributed by atoms with Crippen LogP contribution < -0.4 is 0 Å². The van der Waals surface area contributed by atoms with Crippen LogP contribution >= 0.6 is 59.4 Å². The highest BCUT2D eigenvalue weighted by molar-refractivity contribution is 9.24. The van der Waals surface area contributed by atoms with Crippen molar-refractivity contribution < 1.29 is 4.39 Å². The van der Waals surface area contributed by atoms with Gasteiger partial charge >= 0.3 is 0 Å². The van der Waals surface area contributed by atoms with Crippen molar-refractivity contribution in [1.82, 2.24) is 0 Å². The van der Waals surface area contributed by atoms with Crippen molar-refractivity contribution >= 4 is 59.4 Å². The highest BCUT2D eigenvalue weighted by atomic mass is 79.9. The minimum atomic E-state index is -0.301. The lowest BCUT2D eigenvalue weighted by Crippen LogP contribution is -1.88. The van der Waals surface area contributed by atoms with Gasteiger partial charge in [-0.25, -0.2) is 4.39 Å². The predicted molar refractivity (Wildman–Crippen MR) is 59.7 cm³/mol. The fourth-order valence-corrected chi connectivity index (χ4v) is 1.89. The minimum absolute atomic E-state index is 0.212. The summed E-state index contributed by atoms with van der Waals surface area (Å²) in [5, 5.41) is 0.496. The van der Waals surface area contributed by atoms with E-state index in [-0.39, 0.29) is 9.55 Å². The molecule has 1 aromatic rings. The maximum atomic E-state index is 13.1. The molecular weight excluding hydrogens is 378 g/mol. The van der Waals surface area contributed by atoms with Crippen molar-refractivity contribution in [3.8, 4) is 0 Å². The van der Waals surface area contributed by atoms with Crippen LogP contribution in [-0.2, 0) is 0 Å². The van der Waals surface area contributed by atoms with Gasteiger partial charge in [0.25, 0.3) is 0 Å². The number of halogens is 5. The SMILES string of the molecule is Fc1cc(Br)c(Cl)cc1C(Br)Br. The number of benzene rings is 1. The van der Waals surface area contributed by atoms with Gasteiger partial charge in [0.05, 0.1) is 8.76 Å². The molecule has 0 aliphatic carbocycles. The van der Waals surface area contributed by atoms with Crippen molar-refractivity contribution in [2.45, 2.75) is 3.74 Å². The maximum absolute atomic E-state index is 13.1. The third kappa shape index (κ3) is 2.44. The second-order valence-electron chi connectivity index (χ2n) is 2.09. The molecule has 0 unspecified atom stereocenters. The molecule has 0 atom stereocenters. The Labute approximate surface area is 99.9 Å². The molecule has 5 heteroatoms. The molecule has 0 heterocycles. The quantitative estimate of drug-likeness (QED) is 0.473. The van der Waals surface area contributed by atoms with E-state index < -0.39 is 0 Å². The molecule has 12 heavy (non-hydrogen) atoms. The van der Waals surface area contributed by atoms with Crippen molar-refractivity contribution in [2.24, 2.45) is 0 Å². The van der Waals surface area contributed by atoms with Crippen LogP contribution in [0.2, 0.25) is 5.02 Å². The van der Waals surface area contributed by atoms with Gasteiger partial charge in [-0.05, 0) is 28.1 Å². The Balaban J connectivity index is 3.23. The van der Waals surface area contributed by atoms with E-state index in [2.05, 4.69) is 47.8 Å².